The monoisotopic (exact) mass is 260 g/mol. The third-order valence-electron chi connectivity index (χ3n) is 2.83. The van der Waals surface area contributed by atoms with Crippen LogP contribution in [0.15, 0.2) is 35.8 Å². The smallest absolute Gasteiger partial charge is 0.194 e. The van der Waals surface area contributed by atoms with Crippen LogP contribution in [0.5, 0.6) is 5.75 Å². The van der Waals surface area contributed by atoms with Crippen LogP contribution < -0.4 is 4.74 Å². The van der Waals surface area contributed by atoms with Crippen LogP contribution in [0.2, 0.25) is 0 Å². The fourth-order valence-electron chi connectivity index (χ4n) is 1.84. The van der Waals surface area contributed by atoms with E-state index >= 15 is 0 Å². The second-order valence-corrected chi connectivity index (χ2v) is 4.73. The van der Waals surface area contributed by atoms with Crippen molar-refractivity contribution < 1.29 is 9.84 Å². The predicted molar refractivity (Wildman–Crippen MR) is 71.0 cm³/mol. The van der Waals surface area contributed by atoms with Crippen molar-refractivity contribution in [1.82, 2.24) is 9.38 Å². The molecule has 1 aromatic carbocycles. The lowest BCUT2D eigenvalue weighted by Crippen LogP contribution is -1.87. The summed E-state index contributed by atoms with van der Waals surface area (Å²) in [7, 11) is 1.65. The molecule has 2 aromatic heterocycles. The maximum absolute atomic E-state index is 9.21. The lowest BCUT2D eigenvalue weighted by Gasteiger charge is -2.00. The number of methoxy groups -OCH3 is 1. The Bertz CT molecular complexity index is 670. The molecule has 3 aromatic rings. The molecule has 92 valence electrons. The van der Waals surface area contributed by atoms with Crippen LogP contribution in [0.4, 0.5) is 0 Å². The van der Waals surface area contributed by atoms with Gasteiger partial charge in [-0.05, 0) is 24.3 Å². The lowest BCUT2D eigenvalue weighted by atomic mass is 10.2. The second kappa shape index (κ2) is 4.44. The Morgan fingerprint density at radius 2 is 2.11 bits per heavy atom. The van der Waals surface area contributed by atoms with Crippen molar-refractivity contribution in [3.05, 3.63) is 41.5 Å². The highest BCUT2D eigenvalue weighted by Gasteiger charge is 2.08. The number of rotatable bonds is 3. The van der Waals surface area contributed by atoms with Crippen LogP contribution in [-0.2, 0) is 6.61 Å². The van der Waals surface area contributed by atoms with Gasteiger partial charge in [0, 0.05) is 17.1 Å². The molecule has 0 amide bonds. The fraction of sp³-hybridized carbons (Fsp3) is 0.154. The largest absolute Gasteiger partial charge is 0.497 e. The Kier molecular flexibility index (Phi) is 2.77. The number of aliphatic hydroxyl groups excluding tert-OH is 1. The third-order valence-corrected chi connectivity index (χ3v) is 3.72. The van der Waals surface area contributed by atoms with Gasteiger partial charge in [-0.2, -0.15) is 0 Å². The van der Waals surface area contributed by atoms with E-state index in [1.807, 2.05) is 40.2 Å². The number of thiazole rings is 1. The average Bonchev–Trinajstić information content (AvgIpc) is 2.98. The average molecular weight is 260 g/mol. The van der Waals surface area contributed by atoms with Crippen LogP contribution >= 0.6 is 11.3 Å². The SMILES string of the molecule is COc1ccc(-c2cn3c(CO)csc3n2)cc1. The van der Waals surface area contributed by atoms with Crippen molar-refractivity contribution in [2.45, 2.75) is 6.61 Å². The molecule has 0 bridgehead atoms. The minimum Gasteiger partial charge on any atom is -0.497 e. The molecule has 0 atom stereocenters. The molecule has 0 saturated carbocycles. The van der Waals surface area contributed by atoms with Crippen molar-refractivity contribution in [2.75, 3.05) is 7.11 Å². The number of fused-ring (bicyclic) bond motifs is 1. The normalized spacial score (nSPS) is 11.0. The van der Waals surface area contributed by atoms with Crippen LogP contribution in [0.25, 0.3) is 16.2 Å². The van der Waals surface area contributed by atoms with E-state index in [0.29, 0.717) is 0 Å². The number of hydrogen-bond acceptors (Lipinski definition) is 4. The lowest BCUT2D eigenvalue weighted by molar-refractivity contribution is 0.276. The quantitative estimate of drug-likeness (QED) is 0.787. The highest BCUT2D eigenvalue weighted by atomic mass is 32.1. The summed E-state index contributed by atoms with van der Waals surface area (Å²) >= 11 is 1.53. The van der Waals surface area contributed by atoms with Crippen molar-refractivity contribution in [1.29, 1.82) is 0 Å². The number of aliphatic hydroxyl groups is 1. The minimum absolute atomic E-state index is 0.0262. The van der Waals surface area contributed by atoms with Crippen molar-refractivity contribution >= 4 is 16.3 Å². The first-order valence-corrected chi connectivity index (χ1v) is 6.40. The number of hydrogen-bond donors (Lipinski definition) is 1. The van der Waals surface area contributed by atoms with Crippen LogP contribution in [0.3, 0.4) is 0 Å². The van der Waals surface area contributed by atoms with E-state index in [-0.39, 0.29) is 6.61 Å². The highest BCUT2D eigenvalue weighted by molar-refractivity contribution is 7.15. The molecule has 4 nitrogen and oxygen atoms in total. The first kappa shape index (κ1) is 11.3. The summed E-state index contributed by atoms with van der Waals surface area (Å²) in [6.07, 6.45) is 1.94. The molecule has 0 saturated heterocycles. The van der Waals surface area contributed by atoms with Gasteiger partial charge in [0.2, 0.25) is 0 Å². The van der Waals surface area contributed by atoms with Gasteiger partial charge in [0.25, 0.3) is 0 Å². The van der Waals surface area contributed by atoms with Gasteiger partial charge in [-0.15, -0.1) is 11.3 Å². The van der Waals surface area contributed by atoms with E-state index in [1.165, 1.54) is 11.3 Å². The fourth-order valence-corrected chi connectivity index (χ4v) is 2.71. The standard InChI is InChI=1S/C13H12N2O2S/c1-17-11-4-2-9(3-5-11)12-6-15-10(7-16)8-18-13(15)14-12/h2-6,8,16H,7H2,1H3. The number of aromatic nitrogens is 2. The number of imidazole rings is 1. The maximum Gasteiger partial charge on any atom is 0.194 e. The topological polar surface area (TPSA) is 46.8 Å². The maximum atomic E-state index is 9.21. The molecule has 0 unspecified atom stereocenters. The van der Waals surface area contributed by atoms with Crippen molar-refractivity contribution in [2.24, 2.45) is 0 Å². The van der Waals surface area contributed by atoms with Gasteiger partial charge in [-0.1, -0.05) is 0 Å². The van der Waals surface area contributed by atoms with Crippen molar-refractivity contribution in [3.63, 3.8) is 0 Å². The van der Waals surface area contributed by atoms with Crippen molar-refractivity contribution in [3.8, 4) is 17.0 Å². The number of nitrogens with zero attached hydrogens (tertiary/aromatic N) is 2. The van der Waals surface area contributed by atoms with Gasteiger partial charge in [-0.3, -0.25) is 4.40 Å². The number of ether oxygens (including phenoxy) is 1. The van der Waals surface area contributed by atoms with Gasteiger partial charge < -0.3 is 9.84 Å². The molecule has 5 heteroatoms. The van der Waals surface area contributed by atoms with E-state index in [9.17, 15) is 5.11 Å². The summed E-state index contributed by atoms with van der Waals surface area (Å²) in [4.78, 5) is 5.43. The zero-order chi connectivity index (χ0) is 12.5. The molecule has 0 aliphatic rings. The van der Waals surface area contributed by atoms with Gasteiger partial charge in [-0.25, -0.2) is 4.98 Å². The summed E-state index contributed by atoms with van der Waals surface area (Å²) in [5.41, 5.74) is 2.80. The molecule has 0 aliphatic carbocycles. The zero-order valence-electron chi connectivity index (χ0n) is 9.83. The van der Waals surface area contributed by atoms with Crippen LogP contribution in [0, 0.1) is 0 Å². The molecular weight excluding hydrogens is 248 g/mol. The molecule has 3 rings (SSSR count). The summed E-state index contributed by atoms with van der Waals surface area (Å²) < 4.78 is 7.05. The van der Waals surface area contributed by atoms with Crippen LogP contribution in [-0.4, -0.2) is 21.6 Å². The zero-order valence-corrected chi connectivity index (χ0v) is 10.6. The molecule has 18 heavy (non-hydrogen) atoms. The van der Waals surface area contributed by atoms with E-state index in [4.69, 9.17) is 4.74 Å². The van der Waals surface area contributed by atoms with Gasteiger partial charge >= 0.3 is 0 Å². The molecule has 0 spiro atoms. The molecule has 0 fully saturated rings. The third kappa shape index (κ3) is 1.77. The van der Waals surface area contributed by atoms with Gasteiger partial charge in [0.1, 0.15) is 5.75 Å². The Hall–Kier alpha value is -1.85. The summed E-state index contributed by atoms with van der Waals surface area (Å²) in [6, 6.07) is 7.78. The molecule has 0 aliphatic heterocycles. The Morgan fingerprint density at radius 3 is 2.78 bits per heavy atom. The minimum atomic E-state index is 0.0262. The molecule has 0 radical (unpaired) electrons. The van der Waals surface area contributed by atoms with E-state index < -0.39 is 0 Å². The number of benzene rings is 1. The van der Waals surface area contributed by atoms with E-state index in [2.05, 4.69) is 4.98 Å². The summed E-state index contributed by atoms with van der Waals surface area (Å²) in [5.74, 6) is 0.829. The molecule has 2 heterocycles. The summed E-state index contributed by atoms with van der Waals surface area (Å²) in [5, 5.41) is 11.1. The van der Waals surface area contributed by atoms with E-state index in [1.54, 1.807) is 7.11 Å². The predicted octanol–water partition coefficient (Wildman–Crippen LogP) is 2.56. The van der Waals surface area contributed by atoms with E-state index in [0.717, 1.165) is 27.7 Å². The molecular formula is C13H12N2O2S. The second-order valence-electron chi connectivity index (χ2n) is 3.89. The summed E-state index contributed by atoms with van der Waals surface area (Å²) in [6.45, 7) is 0.0262. The molecule has 1 N–H and O–H groups in total. The Morgan fingerprint density at radius 1 is 1.33 bits per heavy atom. The highest BCUT2D eigenvalue weighted by Crippen LogP contribution is 2.25. The van der Waals surface area contributed by atoms with Gasteiger partial charge in [0.05, 0.1) is 25.1 Å². The Labute approximate surface area is 108 Å². The first-order valence-electron chi connectivity index (χ1n) is 5.52. The van der Waals surface area contributed by atoms with Gasteiger partial charge in [0.15, 0.2) is 4.96 Å². The first-order chi connectivity index (χ1) is 8.81. The Balaban J connectivity index is 2.04. The van der Waals surface area contributed by atoms with Crippen LogP contribution in [0.1, 0.15) is 5.69 Å².